The number of hydrogen-bond donors (Lipinski definition) is 4. The molecule has 9 nitrogen and oxygen atoms in total. The number of halogens is 4. The number of anilines is 1. The molecule has 0 aliphatic heterocycles. The van der Waals surface area contributed by atoms with E-state index in [0.717, 1.165) is 31.7 Å². The summed E-state index contributed by atoms with van der Waals surface area (Å²) in [5, 5.41) is 15.4. The Bertz CT molecular complexity index is 1580. The van der Waals surface area contributed by atoms with Gasteiger partial charge in [-0.25, -0.2) is 9.51 Å². The predicted octanol–water partition coefficient (Wildman–Crippen LogP) is 6.10. The summed E-state index contributed by atoms with van der Waals surface area (Å²) in [7, 11) is 1.33. The van der Waals surface area contributed by atoms with E-state index in [4.69, 9.17) is 37.7 Å². The van der Waals surface area contributed by atoms with Gasteiger partial charge in [0, 0.05) is 23.8 Å². The van der Waals surface area contributed by atoms with E-state index in [1.54, 1.807) is 47.2 Å². The molecule has 4 aromatic rings. The van der Waals surface area contributed by atoms with Crippen LogP contribution >= 0.6 is 11.6 Å². The largest absolute Gasteiger partial charge is 0.497 e. The molecule has 0 radical (unpaired) electrons. The highest BCUT2D eigenvalue weighted by Gasteiger charge is 2.34. The fraction of sp³-hybridized carbons (Fsp3) is 0.276. The molecule has 2 aromatic carbocycles. The number of fused-ring (bicyclic) bond motifs is 1. The van der Waals surface area contributed by atoms with Gasteiger partial charge in [0.15, 0.2) is 0 Å². The minimum absolute atomic E-state index is 0.0163. The summed E-state index contributed by atoms with van der Waals surface area (Å²) in [6.07, 6.45) is 1.98. The zero-order valence-corrected chi connectivity index (χ0v) is 23.4. The molecule has 222 valence electrons. The van der Waals surface area contributed by atoms with E-state index in [2.05, 4.69) is 15.4 Å². The Morgan fingerprint density at radius 3 is 2.52 bits per heavy atom. The van der Waals surface area contributed by atoms with E-state index in [1.165, 1.54) is 19.2 Å². The second kappa shape index (κ2) is 13.1. The van der Waals surface area contributed by atoms with Gasteiger partial charge < -0.3 is 26.6 Å². The Hall–Kier alpha value is -4.29. The number of alkyl halides is 3. The Morgan fingerprint density at radius 1 is 1.19 bits per heavy atom. The number of nitrogens with two attached hydrogens (primary N) is 2. The van der Waals surface area contributed by atoms with Crippen molar-refractivity contribution in [2.45, 2.75) is 43.9 Å². The molecule has 42 heavy (non-hydrogen) atoms. The third-order valence-corrected chi connectivity index (χ3v) is 7.29. The molecule has 1 saturated carbocycles. The SMILES string of the molecule is COc1ccc(-c2cc3c(NC4CCC(N)CC4)c(C(N)=Nc4ccccc4Cl)cnn3c2)c(C(F)(F)F)c1.O=CO. The lowest BCUT2D eigenvalue weighted by Gasteiger charge is -2.28. The molecule has 2 aromatic heterocycles. The van der Waals surface area contributed by atoms with Gasteiger partial charge in [-0.1, -0.05) is 29.8 Å². The van der Waals surface area contributed by atoms with Crippen LogP contribution in [0.4, 0.5) is 24.5 Å². The Balaban J connectivity index is 0.00000129. The van der Waals surface area contributed by atoms with E-state index >= 15 is 0 Å². The first-order valence-electron chi connectivity index (χ1n) is 13.0. The van der Waals surface area contributed by atoms with E-state index < -0.39 is 11.7 Å². The van der Waals surface area contributed by atoms with Crippen LogP contribution in [0, 0.1) is 0 Å². The summed E-state index contributed by atoms with van der Waals surface area (Å²) in [4.78, 5) is 12.9. The van der Waals surface area contributed by atoms with Crippen molar-refractivity contribution in [1.29, 1.82) is 0 Å². The number of hydrogen-bond acceptors (Lipinski definition) is 6. The maximum atomic E-state index is 14.0. The lowest BCUT2D eigenvalue weighted by Crippen LogP contribution is -2.33. The maximum absolute atomic E-state index is 14.0. The van der Waals surface area contributed by atoms with E-state index in [1.807, 2.05) is 0 Å². The molecule has 6 N–H and O–H groups in total. The molecule has 0 saturated heterocycles. The summed E-state index contributed by atoms with van der Waals surface area (Å²) in [5.41, 5.74) is 14.4. The fourth-order valence-corrected chi connectivity index (χ4v) is 5.06. The van der Waals surface area contributed by atoms with Gasteiger partial charge in [0.25, 0.3) is 6.47 Å². The average molecular weight is 603 g/mol. The smallest absolute Gasteiger partial charge is 0.417 e. The van der Waals surface area contributed by atoms with Crippen LogP contribution in [0.5, 0.6) is 5.75 Å². The predicted molar refractivity (Wildman–Crippen MR) is 157 cm³/mol. The fourth-order valence-electron chi connectivity index (χ4n) is 4.89. The van der Waals surface area contributed by atoms with Crippen molar-refractivity contribution >= 4 is 40.8 Å². The topological polar surface area (TPSA) is 140 Å². The molecule has 0 unspecified atom stereocenters. The van der Waals surface area contributed by atoms with Crippen LogP contribution in [0.15, 0.2) is 65.9 Å². The molecule has 0 spiro atoms. The number of methoxy groups -OCH3 is 1. The van der Waals surface area contributed by atoms with E-state index in [0.29, 0.717) is 33.0 Å². The first-order chi connectivity index (χ1) is 20.0. The number of benzene rings is 2. The molecule has 1 aliphatic carbocycles. The molecular formula is C29H30ClF3N6O3. The van der Waals surface area contributed by atoms with Gasteiger partial charge in [0.05, 0.1) is 46.3 Å². The van der Waals surface area contributed by atoms with Gasteiger partial charge in [0.1, 0.15) is 11.6 Å². The van der Waals surface area contributed by atoms with Gasteiger partial charge in [-0.3, -0.25) is 4.79 Å². The summed E-state index contributed by atoms with van der Waals surface area (Å²) >= 11 is 6.29. The molecule has 5 rings (SSSR count). The molecule has 0 amide bonds. The van der Waals surface area contributed by atoms with Crippen LogP contribution in [0.3, 0.4) is 0 Å². The lowest BCUT2D eigenvalue weighted by molar-refractivity contribution is -0.137. The quantitative estimate of drug-likeness (QED) is 0.119. The number of amidine groups is 1. The van der Waals surface area contributed by atoms with Crippen molar-refractivity contribution in [3.63, 3.8) is 0 Å². The van der Waals surface area contributed by atoms with Crippen LogP contribution in [-0.4, -0.2) is 46.2 Å². The summed E-state index contributed by atoms with van der Waals surface area (Å²) in [6, 6.07) is 12.9. The highest BCUT2D eigenvalue weighted by Crippen LogP contribution is 2.40. The number of rotatable bonds is 6. The first kappa shape index (κ1) is 30.7. The molecular weight excluding hydrogens is 573 g/mol. The number of carboxylic acid groups (broad SMARTS) is 1. The standard InChI is InChI=1S/C28H28ClF3N6O.CH2O2/c1-39-19-10-11-20(22(13-19)28(30,31)32)16-12-25-26(36-18-8-6-17(33)7-9-18)21(14-35-38(25)15-16)27(34)37-24-5-3-2-4-23(24)29;2-1-3/h2-5,10-15,17-18,36H,6-9,33H2,1H3,(H2,34,37);1H,(H,2,3). The Kier molecular flexibility index (Phi) is 9.59. The second-order valence-corrected chi connectivity index (χ2v) is 10.1. The monoisotopic (exact) mass is 602 g/mol. The number of carbonyl (C=O) groups is 1. The van der Waals surface area contributed by atoms with Crippen molar-refractivity contribution in [2.75, 3.05) is 12.4 Å². The van der Waals surface area contributed by atoms with Gasteiger partial charge in [-0.2, -0.15) is 18.3 Å². The zero-order chi connectivity index (χ0) is 30.4. The van der Waals surface area contributed by atoms with Crippen LogP contribution in [0.2, 0.25) is 5.02 Å². The number of nitrogens with one attached hydrogen (secondary N) is 1. The third kappa shape index (κ3) is 6.94. The van der Waals surface area contributed by atoms with Crippen molar-refractivity contribution in [3.8, 4) is 16.9 Å². The third-order valence-electron chi connectivity index (χ3n) is 6.97. The van der Waals surface area contributed by atoms with E-state index in [9.17, 15) is 13.2 Å². The normalized spacial score (nSPS) is 17.3. The van der Waals surface area contributed by atoms with Crippen molar-refractivity contribution in [1.82, 2.24) is 9.61 Å². The molecule has 2 heterocycles. The van der Waals surface area contributed by atoms with Crippen molar-refractivity contribution in [2.24, 2.45) is 16.5 Å². The van der Waals surface area contributed by atoms with Gasteiger partial charge in [-0.05, 0) is 61.6 Å². The maximum Gasteiger partial charge on any atom is 0.417 e. The lowest BCUT2D eigenvalue weighted by atomic mass is 9.91. The molecule has 1 aliphatic rings. The van der Waals surface area contributed by atoms with E-state index in [-0.39, 0.29) is 35.7 Å². The summed E-state index contributed by atoms with van der Waals surface area (Å²) < 4.78 is 48.6. The minimum Gasteiger partial charge on any atom is -0.497 e. The number of para-hydroxylation sites is 1. The van der Waals surface area contributed by atoms with Gasteiger partial charge in [-0.15, -0.1) is 0 Å². The Morgan fingerprint density at radius 2 is 1.88 bits per heavy atom. The van der Waals surface area contributed by atoms with Gasteiger partial charge in [0.2, 0.25) is 0 Å². The zero-order valence-electron chi connectivity index (χ0n) is 22.6. The number of ether oxygens (including phenoxy) is 1. The first-order valence-corrected chi connectivity index (χ1v) is 13.4. The molecule has 1 fully saturated rings. The molecule has 13 heteroatoms. The second-order valence-electron chi connectivity index (χ2n) is 9.71. The highest BCUT2D eigenvalue weighted by atomic mass is 35.5. The molecule has 0 atom stereocenters. The van der Waals surface area contributed by atoms with Crippen molar-refractivity contribution in [3.05, 3.63) is 77.1 Å². The van der Waals surface area contributed by atoms with Crippen LogP contribution in [-0.2, 0) is 11.0 Å². The van der Waals surface area contributed by atoms with Crippen LogP contribution in [0.1, 0.15) is 36.8 Å². The van der Waals surface area contributed by atoms with Crippen LogP contribution < -0.4 is 21.5 Å². The number of aromatic nitrogens is 2. The Labute approximate surface area is 244 Å². The number of nitrogens with zero attached hydrogens (tertiary/aromatic N) is 3. The van der Waals surface area contributed by atoms with Crippen molar-refractivity contribution < 1.29 is 27.8 Å². The summed E-state index contributed by atoms with van der Waals surface area (Å²) in [5.74, 6) is 0.299. The van der Waals surface area contributed by atoms with Gasteiger partial charge >= 0.3 is 6.18 Å². The molecule has 0 bridgehead atoms. The number of aliphatic imine (C=N–C) groups is 1. The highest BCUT2D eigenvalue weighted by molar-refractivity contribution is 6.33. The average Bonchev–Trinajstić information content (AvgIpc) is 3.40. The summed E-state index contributed by atoms with van der Waals surface area (Å²) in [6.45, 7) is -0.250. The van der Waals surface area contributed by atoms with Crippen LogP contribution in [0.25, 0.3) is 16.6 Å². The minimum atomic E-state index is -4.58.